The van der Waals surface area contributed by atoms with E-state index in [0.29, 0.717) is 38.6 Å². The Kier molecular flexibility index (Phi) is 8.93. The second kappa shape index (κ2) is 12.1. The fourth-order valence-electron chi connectivity index (χ4n) is 9.66. The zero-order chi connectivity index (χ0) is 31.2. The highest BCUT2D eigenvalue weighted by Gasteiger charge is 2.68. The lowest BCUT2D eigenvalue weighted by molar-refractivity contribution is -0.184. The summed E-state index contributed by atoms with van der Waals surface area (Å²) in [6.07, 6.45) is 7.39. The molecular formula is C33H47NO9. The molecule has 4 saturated carbocycles. The standard InChI is InChI=1S/C33H47NO9/c1-31-13-11-22(35)15-21(31)7-8-23-24-12-14-33(42,32(24,2)16-25(36)29(23)31)26(37)18-43-28(39)10-9-27(38)34-17-19-3-5-20(6-4-19)30(40)41/h15,19-20,23-25,29,36,42H,3-14,16-18H2,1-2H3,(H,34,38)(H,40,41)/t19?,20?,23-,24-,25+,29+,31-,32-,33-/m0/s1. The van der Waals surface area contributed by atoms with Crippen LogP contribution in [0.3, 0.4) is 0 Å². The molecule has 5 aliphatic rings. The SMILES string of the molecule is C[C@]12CCC(=O)C=C1CC[C@@H]1[C@@H]2[C@H](O)C[C@@]2(C)[C@H]1CC[C@]2(O)C(=O)COC(=O)CCC(=O)NCC1CCC(C(=O)O)CC1. The van der Waals surface area contributed by atoms with E-state index in [1.54, 1.807) is 6.08 Å². The molecule has 1 amide bonds. The quantitative estimate of drug-likeness (QED) is 0.290. The lowest BCUT2D eigenvalue weighted by Gasteiger charge is -2.60. The Hall–Kier alpha value is -2.59. The molecule has 7 atom stereocenters. The van der Waals surface area contributed by atoms with E-state index in [2.05, 4.69) is 12.2 Å². The van der Waals surface area contributed by atoms with Gasteiger partial charge < -0.3 is 25.4 Å². The van der Waals surface area contributed by atoms with Gasteiger partial charge in [-0.25, -0.2) is 0 Å². The van der Waals surface area contributed by atoms with Gasteiger partial charge in [-0.3, -0.25) is 24.0 Å². The molecule has 4 fully saturated rings. The number of ether oxygens (including phenoxy) is 1. The third-order valence-electron chi connectivity index (χ3n) is 12.2. The number of fused-ring (bicyclic) bond motifs is 5. The molecule has 10 nitrogen and oxygen atoms in total. The van der Waals surface area contributed by atoms with Crippen LogP contribution in [0.15, 0.2) is 11.6 Å². The van der Waals surface area contributed by atoms with E-state index >= 15 is 0 Å². The van der Waals surface area contributed by atoms with Crippen LogP contribution in [0.2, 0.25) is 0 Å². The normalized spacial score (nSPS) is 40.4. The van der Waals surface area contributed by atoms with Crippen molar-refractivity contribution in [3.63, 3.8) is 0 Å². The number of Topliss-reactive ketones (excluding diaryl/α,β-unsaturated/α-hetero) is 1. The Bertz CT molecular complexity index is 1190. The Morgan fingerprint density at radius 3 is 2.42 bits per heavy atom. The molecule has 0 aromatic carbocycles. The first-order chi connectivity index (χ1) is 20.3. The highest BCUT2D eigenvalue weighted by molar-refractivity contribution is 5.92. The largest absolute Gasteiger partial charge is 0.481 e. The molecule has 0 bridgehead atoms. The molecule has 0 spiro atoms. The zero-order valence-electron chi connectivity index (χ0n) is 25.4. The molecule has 5 rings (SSSR count). The van der Waals surface area contributed by atoms with E-state index < -0.39 is 41.4 Å². The Morgan fingerprint density at radius 2 is 1.72 bits per heavy atom. The summed E-state index contributed by atoms with van der Waals surface area (Å²) < 4.78 is 5.23. The number of esters is 1. The second-order valence-corrected chi connectivity index (χ2v) is 14.4. The molecule has 43 heavy (non-hydrogen) atoms. The molecule has 5 aliphatic carbocycles. The number of amides is 1. The average Bonchev–Trinajstić information content (AvgIpc) is 3.24. The number of nitrogens with one attached hydrogen (secondary N) is 1. The van der Waals surface area contributed by atoms with Crippen molar-refractivity contribution in [2.75, 3.05) is 13.2 Å². The van der Waals surface area contributed by atoms with Crippen molar-refractivity contribution in [2.24, 2.45) is 40.4 Å². The van der Waals surface area contributed by atoms with E-state index in [-0.39, 0.29) is 72.4 Å². The zero-order valence-corrected chi connectivity index (χ0v) is 25.4. The summed E-state index contributed by atoms with van der Waals surface area (Å²) in [7, 11) is 0. The van der Waals surface area contributed by atoms with Gasteiger partial charge in [0.05, 0.1) is 18.4 Å². The number of carboxylic acid groups (broad SMARTS) is 1. The van der Waals surface area contributed by atoms with Gasteiger partial charge >= 0.3 is 11.9 Å². The number of hydrogen-bond acceptors (Lipinski definition) is 8. The monoisotopic (exact) mass is 601 g/mol. The number of aliphatic hydroxyl groups is 2. The van der Waals surface area contributed by atoms with Crippen LogP contribution in [0.25, 0.3) is 0 Å². The summed E-state index contributed by atoms with van der Waals surface area (Å²) >= 11 is 0. The number of hydrogen-bond donors (Lipinski definition) is 4. The molecule has 4 N–H and O–H groups in total. The topological polar surface area (TPSA) is 167 Å². The van der Waals surface area contributed by atoms with Crippen LogP contribution < -0.4 is 5.32 Å². The van der Waals surface area contributed by atoms with Crippen molar-refractivity contribution in [3.8, 4) is 0 Å². The minimum Gasteiger partial charge on any atom is -0.481 e. The van der Waals surface area contributed by atoms with Gasteiger partial charge in [0.25, 0.3) is 0 Å². The van der Waals surface area contributed by atoms with E-state index in [1.807, 2.05) is 6.92 Å². The maximum Gasteiger partial charge on any atom is 0.306 e. The molecule has 0 unspecified atom stereocenters. The Labute approximate surface area is 253 Å². The van der Waals surface area contributed by atoms with Crippen molar-refractivity contribution >= 4 is 29.4 Å². The minimum absolute atomic E-state index is 0.0279. The van der Waals surface area contributed by atoms with Crippen LogP contribution in [0.1, 0.15) is 97.3 Å². The van der Waals surface area contributed by atoms with E-state index in [0.717, 1.165) is 31.3 Å². The number of allylic oxidation sites excluding steroid dienone is 1. The summed E-state index contributed by atoms with van der Waals surface area (Å²) in [6.45, 7) is 3.91. The van der Waals surface area contributed by atoms with Crippen molar-refractivity contribution in [1.82, 2.24) is 5.32 Å². The van der Waals surface area contributed by atoms with Crippen LogP contribution in [-0.2, 0) is 28.7 Å². The number of carbonyl (C=O) groups excluding carboxylic acids is 4. The molecule has 0 aliphatic heterocycles. The third-order valence-corrected chi connectivity index (χ3v) is 12.2. The summed E-state index contributed by atoms with van der Waals surface area (Å²) in [5, 5.41) is 35.3. The van der Waals surface area contributed by atoms with Gasteiger partial charge in [-0.15, -0.1) is 0 Å². The fourth-order valence-corrected chi connectivity index (χ4v) is 9.66. The third kappa shape index (κ3) is 5.81. The lowest BCUT2D eigenvalue weighted by Crippen LogP contribution is -2.62. The van der Waals surface area contributed by atoms with E-state index in [4.69, 9.17) is 9.84 Å². The fraction of sp³-hybridized carbons (Fsp3) is 0.788. The van der Waals surface area contributed by atoms with E-state index in [9.17, 15) is 34.2 Å². The molecule has 10 heteroatoms. The van der Waals surface area contributed by atoms with Gasteiger partial charge in [-0.05, 0) is 99.4 Å². The van der Waals surface area contributed by atoms with Crippen LogP contribution in [0.5, 0.6) is 0 Å². The first kappa shape index (κ1) is 31.8. The smallest absolute Gasteiger partial charge is 0.306 e. The van der Waals surface area contributed by atoms with Gasteiger partial charge in [0.2, 0.25) is 11.7 Å². The molecule has 0 aromatic heterocycles. The molecule has 0 saturated heterocycles. The van der Waals surface area contributed by atoms with Gasteiger partial charge in [-0.2, -0.15) is 0 Å². The lowest BCUT2D eigenvalue weighted by atomic mass is 9.45. The highest BCUT2D eigenvalue weighted by Crippen LogP contribution is 2.67. The van der Waals surface area contributed by atoms with Crippen molar-refractivity contribution < 1.29 is 44.0 Å². The van der Waals surface area contributed by atoms with Crippen molar-refractivity contribution in [2.45, 2.75) is 109 Å². The van der Waals surface area contributed by atoms with Crippen molar-refractivity contribution in [3.05, 3.63) is 11.6 Å². The molecule has 0 heterocycles. The number of rotatable bonds is 9. The predicted octanol–water partition coefficient (Wildman–Crippen LogP) is 3.12. The molecule has 0 radical (unpaired) electrons. The van der Waals surface area contributed by atoms with E-state index in [1.165, 1.54) is 0 Å². The van der Waals surface area contributed by atoms with Crippen LogP contribution in [0, 0.1) is 40.4 Å². The van der Waals surface area contributed by atoms with Crippen molar-refractivity contribution in [1.29, 1.82) is 0 Å². The molecule has 238 valence electrons. The van der Waals surface area contributed by atoms with Crippen LogP contribution in [-0.4, -0.2) is 69.6 Å². The Balaban J connectivity index is 1.11. The number of aliphatic carboxylic acids is 1. The molecular weight excluding hydrogens is 554 g/mol. The minimum atomic E-state index is -1.72. The first-order valence-corrected chi connectivity index (χ1v) is 16.1. The van der Waals surface area contributed by atoms with Gasteiger partial charge in [0.15, 0.2) is 12.4 Å². The van der Waals surface area contributed by atoms with Gasteiger partial charge in [0, 0.05) is 24.8 Å². The predicted molar refractivity (Wildman–Crippen MR) is 154 cm³/mol. The summed E-state index contributed by atoms with van der Waals surface area (Å²) in [5.41, 5.74) is -1.71. The maximum absolute atomic E-state index is 13.4. The maximum atomic E-state index is 13.4. The molecule has 0 aromatic rings. The Morgan fingerprint density at radius 1 is 1.00 bits per heavy atom. The highest BCUT2D eigenvalue weighted by atomic mass is 16.5. The summed E-state index contributed by atoms with van der Waals surface area (Å²) in [4.78, 5) is 61.3. The van der Waals surface area contributed by atoms with Gasteiger partial charge in [-0.1, -0.05) is 19.4 Å². The van der Waals surface area contributed by atoms with Gasteiger partial charge in [0.1, 0.15) is 5.60 Å². The first-order valence-electron chi connectivity index (χ1n) is 16.1. The number of aliphatic hydroxyl groups excluding tert-OH is 1. The second-order valence-electron chi connectivity index (χ2n) is 14.4. The summed E-state index contributed by atoms with van der Waals surface area (Å²) in [5.74, 6) is -2.15. The summed E-state index contributed by atoms with van der Waals surface area (Å²) in [6, 6.07) is 0. The average molecular weight is 602 g/mol. The number of carbonyl (C=O) groups is 5. The number of carboxylic acids is 1. The number of ketones is 2. The van der Waals surface area contributed by atoms with Crippen LogP contribution >= 0.6 is 0 Å². The van der Waals surface area contributed by atoms with Crippen LogP contribution in [0.4, 0.5) is 0 Å².